The maximum absolute atomic E-state index is 11.9. The van der Waals surface area contributed by atoms with E-state index < -0.39 is 0 Å². The fourth-order valence-electron chi connectivity index (χ4n) is 1.57. The first kappa shape index (κ1) is 13.2. The smallest absolute Gasteiger partial charge is 0.251 e. The van der Waals surface area contributed by atoms with Crippen LogP contribution in [0, 0.1) is 0 Å². The summed E-state index contributed by atoms with van der Waals surface area (Å²) in [5.74, 6) is -0.0392. The number of carbonyl (C=O) groups excluding carboxylic acids is 1. The summed E-state index contributed by atoms with van der Waals surface area (Å²) < 4.78 is 1.04. The Kier molecular flexibility index (Phi) is 4.06. The van der Waals surface area contributed by atoms with Crippen molar-refractivity contribution in [2.24, 2.45) is 0 Å². The number of amides is 1. The minimum Gasteiger partial charge on any atom is -0.351 e. The van der Waals surface area contributed by atoms with E-state index in [4.69, 9.17) is 11.6 Å². The van der Waals surface area contributed by atoms with Gasteiger partial charge in [-0.3, -0.25) is 4.79 Å². The number of halogens is 2. The van der Waals surface area contributed by atoms with Crippen LogP contribution in [0.1, 0.15) is 23.2 Å². The van der Waals surface area contributed by atoms with Gasteiger partial charge in [0.05, 0.1) is 5.02 Å². The van der Waals surface area contributed by atoms with Crippen molar-refractivity contribution in [3.05, 3.63) is 33.3 Å². The maximum atomic E-state index is 11.9. The van der Waals surface area contributed by atoms with Gasteiger partial charge in [-0.2, -0.15) is 11.8 Å². The minimum absolute atomic E-state index is 0.0392. The molecule has 1 aromatic carbocycles. The lowest BCUT2D eigenvalue weighted by Gasteiger charge is -2.13. The van der Waals surface area contributed by atoms with Crippen molar-refractivity contribution in [1.29, 1.82) is 0 Å². The van der Waals surface area contributed by atoms with Gasteiger partial charge in [-0.25, -0.2) is 0 Å². The third kappa shape index (κ3) is 3.18. The molecule has 17 heavy (non-hydrogen) atoms. The lowest BCUT2D eigenvalue weighted by Crippen LogP contribution is -2.31. The summed E-state index contributed by atoms with van der Waals surface area (Å²) in [7, 11) is 0. The lowest BCUT2D eigenvalue weighted by atomic mass is 10.2. The van der Waals surface area contributed by atoms with E-state index in [0.717, 1.165) is 11.0 Å². The Hall–Kier alpha value is -0.190. The molecule has 0 aromatic heterocycles. The van der Waals surface area contributed by atoms with Crippen molar-refractivity contribution in [3.63, 3.8) is 0 Å². The van der Waals surface area contributed by atoms with E-state index in [0.29, 0.717) is 15.3 Å². The highest BCUT2D eigenvalue weighted by atomic mass is 79.9. The van der Waals surface area contributed by atoms with Crippen molar-refractivity contribution in [1.82, 2.24) is 5.32 Å². The molecule has 1 saturated carbocycles. The molecule has 0 unspecified atom stereocenters. The predicted molar refractivity (Wildman–Crippen MR) is 77.0 cm³/mol. The van der Waals surface area contributed by atoms with Gasteiger partial charge in [0.2, 0.25) is 0 Å². The van der Waals surface area contributed by atoms with Crippen LogP contribution in [0.3, 0.4) is 0 Å². The van der Waals surface area contributed by atoms with Gasteiger partial charge in [0.25, 0.3) is 5.91 Å². The first-order chi connectivity index (χ1) is 8.06. The number of hydrogen-bond acceptors (Lipinski definition) is 2. The number of thioether (sulfide) groups is 1. The van der Waals surface area contributed by atoms with E-state index in [-0.39, 0.29) is 5.91 Å². The zero-order valence-electron chi connectivity index (χ0n) is 9.43. The van der Waals surface area contributed by atoms with Crippen LogP contribution in [0.25, 0.3) is 0 Å². The van der Waals surface area contributed by atoms with Crippen molar-refractivity contribution in [2.75, 3.05) is 12.8 Å². The Morgan fingerprint density at radius 2 is 2.29 bits per heavy atom. The number of benzene rings is 1. The molecular weight excluding hydrogens is 322 g/mol. The van der Waals surface area contributed by atoms with Gasteiger partial charge in [0.15, 0.2) is 0 Å². The van der Waals surface area contributed by atoms with Crippen LogP contribution >= 0.6 is 39.3 Å². The number of rotatable bonds is 4. The molecule has 1 aliphatic carbocycles. The van der Waals surface area contributed by atoms with Crippen LogP contribution in [-0.4, -0.2) is 23.5 Å². The Bertz CT molecular complexity index is 448. The average molecular weight is 335 g/mol. The molecule has 1 amide bonds. The zero-order valence-corrected chi connectivity index (χ0v) is 12.6. The van der Waals surface area contributed by atoms with Crippen molar-refractivity contribution < 1.29 is 4.79 Å². The Balaban J connectivity index is 1.97. The van der Waals surface area contributed by atoms with Crippen molar-refractivity contribution >= 4 is 45.2 Å². The average Bonchev–Trinajstić information content (AvgIpc) is 3.10. The van der Waals surface area contributed by atoms with Crippen LogP contribution in [0.2, 0.25) is 5.02 Å². The Labute approximate surface area is 119 Å². The van der Waals surface area contributed by atoms with Crippen molar-refractivity contribution in [2.45, 2.75) is 17.6 Å². The summed E-state index contributed by atoms with van der Waals surface area (Å²) in [6, 6.07) is 5.21. The van der Waals surface area contributed by atoms with Crippen LogP contribution in [0.5, 0.6) is 0 Å². The Morgan fingerprint density at radius 1 is 1.59 bits per heavy atom. The lowest BCUT2D eigenvalue weighted by molar-refractivity contribution is 0.0953. The van der Waals surface area contributed by atoms with E-state index in [9.17, 15) is 4.79 Å². The van der Waals surface area contributed by atoms with Crippen molar-refractivity contribution in [3.8, 4) is 0 Å². The molecule has 0 spiro atoms. The standard InChI is InChI=1S/C12H13BrClNOS/c1-17-12(4-5-12)7-15-11(16)8-2-3-10(14)9(13)6-8/h2-3,6H,4-5,7H2,1H3,(H,15,16). The molecule has 0 aliphatic heterocycles. The van der Waals surface area contributed by atoms with Gasteiger partial charge in [-0.15, -0.1) is 0 Å². The maximum Gasteiger partial charge on any atom is 0.251 e. The molecule has 0 radical (unpaired) electrons. The normalized spacial score (nSPS) is 16.6. The molecule has 1 aliphatic rings. The van der Waals surface area contributed by atoms with Crippen LogP contribution < -0.4 is 5.32 Å². The van der Waals surface area contributed by atoms with E-state index in [2.05, 4.69) is 27.5 Å². The van der Waals surface area contributed by atoms with Gasteiger partial charge >= 0.3 is 0 Å². The summed E-state index contributed by atoms with van der Waals surface area (Å²) in [5, 5.41) is 3.59. The fraction of sp³-hybridized carbons (Fsp3) is 0.417. The molecule has 92 valence electrons. The molecular formula is C12H13BrClNOS. The van der Waals surface area contributed by atoms with Gasteiger partial charge in [-0.1, -0.05) is 11.6 Å². The molecule has 2 nitrogen and oxygen atoms in total. The molecule has 0 saturated heterocycles. The van der Waals surface area contributed by atoms with E-state index in [1.165, 1.54) is 12.8 Å². The summed E-state index contributed by atoms with van der Waals surface area (Å²) in [4.78, 5) is 11.9. The highest BCUT2D eigenvalue weighted by molar-refractivity contribution is 9.10. The first-order valence-electron chi connectivity index (χ1n) is 5.35. The molecule has 0 atom stereocenters. The second-order valence-corrected chi connectivity index (χ2v) is 6.73. The van der Waals surface area contributed by atoms with Gasteiger partial charge < -0.3 is 5.32 Å². The summed E-state index contributed by atoms with van der Waals surface area (Å²) in [5.41, 5.74) is 0.637. The molecule has 5 heteroatoms. The van der Waals surface area contributed by atoms with Crippen LogP contribution in [0.15, 0.2) is 22.7 Å². The predicted octanol–water partition coefficient (Wildman–Crippen LogP) is 3.73. The molecule has 1 N–H and O–H groups in total. The number of nitrogens with one attached hydrogen (secondary N) is 1. The Morgan fingerprint density at radius 3 is 2.82 bits per heavy atom. The largest absolute Gasteiger partial charge is 0.351 e. The van der Waals surface area contributed by atoms with E-state index in [1.54, 1.807) is 18.2 Å². The molecule has 0 bridgehead atoms. The second-order valence-electron chi connectivity index (χ2n) is 4.20. The topological polar surface area (TPSA) is 29.1 Å². The minimum atomic E-state index is -0.0392. The van der Waals surface area contributed by atoms with Crippen LogP contribution in [0.4, 0.5) is 0 Å². The van der Waals surface area contributed by atoms with Gasteiger partial charge in [0, 0.05) is 21.3 Å². The third-order valence-electron chi connectivity index (χ3n) is 2.99. The fourth-order valence-corrected chi connectivity index (χ4v) is 2.80. The van der Waals surface area contributed by atoms with Crippen LogP contribution in [-0.2, 0) is 0 Å². The third-order valence-corrected chi connectivity index (χ3v) is 5.63. The summed E-state index contributed by atoms with van der Waals surface area (Å²) in [6.45, 7) is 0.743. The number of hydrogen-bond donors (Lipinski definition) is 1. The van der Waals surface area contributed by atoms with Gasteiger partial charge in [-0.05, 0) is 53.2 Å². The molecule has 0 heterocycles. The molecule has 2 rings (SSSR count). The SMILES string of the molecule is CSC1(CNC(=O)c2ccc(Cl)c(Br)c2)CC1. The van der Waals surface area contributed by atoms with E-state index >= 15 is 0 Å². The summed E-state index contributed by atoms with van der Waals surface area (Å²) in [6.07, 6.45) is 4.48. The highest BCUT2D eigenvalue weighted by Gasteiger charge is 2.41. The second kappa shape index (κ2) is 5.21. The first-order valence-corrected chi connectivity index (χ1v) is 7.74. The molecule has 1 aromatic rings. The summed E-state index contributed by atoms with van der Waals surface area (Å²) >= 11 is 11.0. The zero-order chi connectivity index (χ0) is 12.5. The quantitative estimate of drug-likeness (QED) is 0.909. The number of carbonyl (C=O) groups is 1. The molecule has 1 fully saturated rings. The van der Waals surface area contributed by atoms with E-state index in [1.807, 2.05) is 11.8 Å². The monoisotopic (exact) mass is 333 g/mol. The highest BCUT2D eigenvalue weighted by Crippen LogP contribution is 2.46. The van der Waals surface area contributed by atoms with Gasteiger partial charge in [0.1, 0.15) is 0 Å².